The molecule has 0 aliphatic rings. The zero-order valence-corrected chi connectivity index (χ0v) is 13.7. The van der Waals surface area contributed by atoms with Gasteiger partial charge in [0.05, 0.1) is 12.4 Å². The van der Waals surface area contributed by atoms with E-state index in [1.54, 1.807) is 4.90 Å². The number of anilines is 2. The van der Waals surface area contributed by atoms with Gasteiger partial charge >= 0.3 is 0 Å². The van der Waals surface area contributed by atoms with Crippen LogP contribution in [0.1, 0.15) is 37.2 Å². The standard InChI is InChI=1S/C17H20F2N4O/c1-3-7-23(8-4-2)17(24)15-10-21-16(11-20-15)22-12-5-6-13(18)14(19)9-12/h5-6,9-11H,3-4,7-8H2,1-2H3,(H,21,22). The Bertz CT molecular complexity index is 685. The summed E-state index contributed by atoms with van der Waals surface area (Å²) >= 11 is 0. The molecule has 0 saturated carbocycles. The third kappa shape index (κ3) is 4.47. The van der Waals surface area contributed by atoms with Crippen LogP contribution in [0.15, 0.2) is 30.6 Å². The van der Waals surface area contributed by atoms with Gasteiger partial charge in [0.2, 0.25) is 0 Å². The minimum absolute atomic E-state index is 0.162. The Kier molecular flexibility index (Phi) is 6.17. The second kappa shape index (κ2) is 8.33. The lowest BCUT2D eigenvalue weighted by molar-refractivity contribution is 0.0749. The molecule has 0 radical (unpaired) electrons. The van der Waals surface area contributed by atoms with Crippen LogP contribution < -0.4 is 5.32 Å². The van der Waals surface area contributed by atoms with Crippen molar-refractivity contribution in [3.8, 4) is 0 Å². The van der Waals surface area contributed by atoms with Gasteiger partial charge < -0.3 is 10.2 Å². The molecular formula is C17H20F2N4O. The monoisotopic (exact) mass is 334 g/mol. The molecule has 1 heterocycles. The SMILES string of the molecule is CCCN(CCC)C(=O)c1cnc(Nc2ccc(F)c(F)c2)cn1. The van der Waals surface area contributed by atoms with Gasteiger partial charge in [-0.3, -0.25) is 4.79 Å². The number of carbonyl (C=O) groups excluding carboxylic acids is 1. The first kappa shape index (κ1) is 17.8. The molecule has 0 unspecified atom stereocenters. The van der Waals surface area contributed by atoms with Crippen LogP contribution in [0.2, 0.25) is 0 Å². The lowest BCUT2D eigenvalue weighted by atomic mass is 10.3. The number of nitrogens with zero attached hydrogens (tertiary/aromatic N) is 3. The molecule has 1 aromatic heterocycles. The minimum Gasteiger partial charge on any atom is -0.339 e. The van der Waals surface area contributed by atoms with Gasteiger partial charge in [-0.1, -0.05) is 13.8 Å². The zero-order valence-electron chi connectivity index (χ0n) is 13.7. The average molecular weight is 334 g/mol. The molecule has 0 spiro atoms. The van der Waals surface area contributed by atoms with E-state index in [4.69, 9.17) is 0 Å². The number of amides is 1. The number of carbonyl (C=O) groups is 1. The molecule has 1 aromatic carbocycles. The molecule has 24 heavy (non-hydrogen) atoms. The Morgan fingerprint density at radius 3 is 2.33 bits per heavy atom. The number of aromatic nitrogens is 2. The first-order chi connectivity index (χ1) is 11.5. The number of hydrogen-bond donors (Lipinski definition) is 1. The second-order valence-electron chi connectivity index (χ2n) is 5.33. The summed E-state index contributed by atoms with van der Waals surface area (Å²) in [5.41, 5.74) is 0.605. The van der Waals surface area contributed by atoms with E-state index >= 15 is 0 Å². The summed E-state index contributed by atoms with van der Waals surface area (Å²) in [7, 11) is 0. The van der Waals surface area contributed by atoms with Crippen LogP contribution >= 0.6 is 0 Å². The lowest BCUT2D eigenvalue weighted by Crippen LogP contribution is -2.33. The average Bonchev–Trinajstić information content (AvgIpc) is 2.58. The van der Waals surface area contributed by atoms with Crippen molar-refractivity contribution in [3.63, 3.8) is 0 Å². The largest absolute Gasteiger partial charge is 0.339 e. The molecule has 5 nitrogen and oxygen atoms in total. The van der Waals surface area contributed by atoms with Gasteiger partial charge in [0.1, 0.15) is 11.5 Å². The highest BCUT2D eigenvalue weighted by molar-refractivity contribution is 5.92. The number of rotatable bonds is 7. The fourth-order valence-electron chi connectivity index (χ4n) is 2.24. The summed E-state index contributed by atoms with van der Waals surface area (Å²) in [5.74, 6) is -1.69. The molecule has 2 rings (SSSR count). The minimum atomic E-state index is -0.950. The number of benzene rings is 1. The molecule has 1 N–H and O–H groups in total. The Morgan fingerprint density at radius 1 is 1.08 bits per heavy atom. The van der Waals surface area contributed by atoms with Crippen LogP contribution in [0.3, 0.4) is 0 Å². The van der Waals surface area contributed by atoms with E-state index in [0.717, 1.165) is 25.0 Å². The van der Waals surface area contributed by atoms with Gasteiger partial charge in [0.25, 0.3) is 5.91 Å². The maximum atomic E-state index is 13.2. The molecule has 0 atom stereocenters. The number of hydrogen-bond acceptors (Lipinski definition) is 4. The normalized spacial score (nSPS) is 10.5. The Morgan fingerprint density at radius 2 is 1.79 bits per heavy atom. The van der Waals surface area contributed by atoms with Crippen LogP contribution in [0.5, 0.6) is 0 Å². The highest BCUT2D eigenvalue weighted by Crippen LogP contribution is 2.17. The van der Waals surface area contributed by atoms with Gasteiger partial charge in [-0.25, -0.2) is 18.7 Å². The van der Waals surface area contributed by atoms with Crippen molar-refractivity contribution in [2.75, 3.05) is 18.4 Å². The van der Waals surface area contributed by atoms with Crippen LogP contribution in [0, 0.1) is 11.6 Å². The van der Waals surface area contributed by atoms with Crippen LogP contribution in [-0.2, 0) is 0 Å². The number of nitrogens with one attached hydrogen (secondary N) is 1. The molecule has 7 heteroatoms. The molecule has 0 aliphatic carbocycles. The Labute approximate surface area is 139 Å². The molecular weight excluding hydrogens is 314 g/mol. The van der Waals surface area contributed by atoms with Crippen LogP contribution in [-0.4, -0.2) is 33.9 Å². The van der Waals surface area contributed by atoms with Crippen molar-refractivity contribution in [2.45, 2.75) is 26.7 Å². The van der Waals surface area contributed by atoms with E-state index in [2.05, 4.69) is 15.3 Å². The van der Waals surface area contributed by atoms with E-state index in [1.165, 1.54) is 18.5 Å². The lowest BCUT2D eigenvalue weighted by Gasteiger charge is -2.20. The second-order valence-corrected chi connectivity index (χ2v) is 5.33. The molecule has 1 amide bonds. The first-order valence-electron chi connectivity index (χ1n) is 7.88. The molecule has 128 valence electrons. The topological polar surface area (TPSA) is 58.1 Å². The van der Waals surface area contributed by atoms with E-state index in [-0.39, 0.29) is 11.6 Å². The summed E-state index contributed by atoms with van der Waals surface area (Å²) < 4.78 is 26.1. The summed E-state index contributed by atoms with van der Waals surface area (Å²) in [6.45, 7) is 5.36. The summed E-state index contributed by atoms with van der Waals surface area (Å²) in [6.07, 6.45) is 4.51. The van der Waals surface area contributed by atoms with Crippen molar-refractivity contribution in [1.29, 1.82) is 0 Å². The van der Waals surface area contributed by atoms with E-state index in [9.17, 15) is 13.6 Å². The van der Waals surface area contributed by atoms with Crippen LogP contribution in [0.4, 0.5) is 20.3 Å². The summed E-state index contributed by atoms with van der Waals surface area (Å²) in [5, 5.41) is 2.81. The van der Waals surface area contributed by atoms with Gasteiger partial charge in [-0.2, -0.15) is 0 Å². The highest BCUT2D eigenvalue weighted by atomic mass is 19.2. The van der Waals surface area contributed by atoms with Gasteiger partial charge in [-0.05, 0) is 25.0 Å². The van der Waals surface area contributed by atoms with Crippen molar-refractivity contribution in [3.05, 3.63) is 47.9 Å². The Hall–Kier alpha value is -2.57. The quantitative estimate of drug-likeness (QED) is 0.837. The summed E-state index contributed by atoms with van der Waals surface area (Å²) in [6, 6.07) is 3.44. The molecule has 0 bridgehead atoms. The van der Waals surface area contributed by atoms with E-state index < -0.39 is 11.6 Å². The maximum absolute atomic E-state index is 13.2. The molecule has 0 fully saturated rings. The molecule has 2 aromatic rings. The van der Waals surface area contributed by atoms with Crippen LogP contribution in [0.25, 0.3) is 0 Å². The molecule has 0 saturated heterocycles. The van der Waals surface area contributed by atoms with Crippen molar-refractivity contribution >= 4 is 17.4 Å². The predicted octanol–water partition coefficient (Wildman–Crippen LogP) is 3.76. The smallest absolute Gasteiger partial charge is 0.274 e. The summed E-state index contributed by atoms with van der Waals surface area (Å²) in [4.78, 5) is 22.4. The van der Waals surface area contributed by atoms with Crippen molar-refractivity contribution in [1.82, 2.24) is 14.9 Å². The van der Waals surface area contributed by atoms with Gasteiger partial charge in [0, 0.05) is 24.8 Å². The van der Waals surface area contributed by atoms with Crippen molar-refractivity contribution in [2.24, 2.45) is 0 Å². The van der Waals surface area contributed by atoms with E-state index in [1.807, 2.05) is 13.8 Å². The van der Waals surface area contributed by atoms with Crippen molar-refractivity contribution < 1.29 is 13.6 Å². The number of halogens is 2. The third-order valence-electron chi connectivity index (χ3n) is 3.34. The first-order valence-corrected chi connectivity index (χ1v) is 7.88. The van der Waals surface area contributed by atoms with Gasteiger partial charge in [0.15, 0.2) is 11.6 Å². The molecule has 0 aliphatic heterocycles. The van der Waals surface area contributed by atoms with Gasteiger partial charge in [-0.15, -0.1) is 0 Å². The highest BCUT2D eigenvalue weighted by Gasteiger charge is 2.16. The Balaban J connectivity index is 2.09. The maximum Gasteiger partial charge on any atom is 0.274 e. The fourth-order valence-corrected chi connectivity index (χ4v) is 2.24. The fraction of sp³-hybridized carbons (Fsp3) is 0.353. The predicted molar refractivity (Wildman–Crippen MR) is 88.2 cm³/mol. The zero-order chi connectivity index (χ0) is 17.5. The van der Waals surface area contributed by atoms with E-state index in [0.29, 0.717) is 24.6 Å². The third-order valence-corrected chi connectivity index (χ3v) is 3.34.